The number of piperazine rings is 1. The second-order valence-electron chi connectivity index (χ2n) is 7.38. The molecule has 1 aliphatic heterocycles. The van der Waals surface area contributed by atoms with Crippen LogP contribution in [0, 0.1) is 23.7 Å². The minimum absolute atomic E-state index is 0.123. The number of rotatable bonds is 6. The van der Waals surface area contributed by atoms with Crippen LogP contribution in [0.5, 0.6) is 0 Å². The number of hydrogen-bond acceptors (Lipinski definition) is 4. The van der Waals surface area contributed by atoms with Crippen LogP contribution in [0.2, 0.25) is 5.02 Å². The molecule has 0 bridgehead atoms. The van der Waals surface area contributed by atoms with Gasteiger partial charge >= 0.3 is 6.03 Å². The van der Waals surface area contributed by atoms with E-state index < -0.39 is 5.92 Å². The molecule has 0 aliphatic carbocycles. The van der Waals surface area contributed by atoms with E-state index in [0.29, 0.717) is 42.5 Å². The minimum atomic E-state index is -0.487. The van der Waals surface area contributed by atoms with Crippen LogP contribution >= 0.6 is 11.6 Å². The normalized spacial score (nSPS) is 14.7. The van der Waals surface area contributed by atoms with Crippen molar-refractivity contribution in [2.45, 2.75) is 5.92 Å². The Bertz CT molecular complexity index is 1040. The van der Waals surface area contributed by atoms with Gasteiger partial charge in [0.05, 0.1) is 25.1 Å². The van der Waals surface area contributed by atoms with E-state index in [4.69, 9.17) is 18.0 Å². The zero-order chi connectivity index (χ0) is 22.9. The summed E-state index contributed by atoms with van der Waals surface area (Å²) in [4.78, 5) is 28.1. The SMILES string of the molecule is C#CCNC(=O)CN1CCN(C(=O)Nc2ccc([C@@H](C#N)c3ccccc3)c(Cl)c2)CC1. The molecule has 164 valence electrons. The lowest BCUT2D eigenvalue weighted by Gasteiger charge is -2.34. The summed E-state index contributed by atoms with van der Waals surface area (Å²) in [6.07, 6.45) is 5.14. The van der Waals surface area contributed by atoms with Gasteiger partial charge in [0.25, 0.3) is 0 Å². The molecule has 1 atom stereocenters. The zero-order valence-corrected chi connectivity index (χ0v) is 18.3. The molecule has 7 nitrogen and oxygen atoms in total. The maximum absolute atomic E-state index is 12.6. The van der Waals surface area contributed by atoms with Crippen LogP contribution in [0.25, 0.3) is 0 Å². The Morgan fingerprint density at radius 1 is 1.12 bits per heavy atom. The van der Waals surface area contributed by atoms with Crippen molar-refractivity contribution in [2.75, 3.05) is 44.6 Å². The summed E-state index contributed by atoms with van der Waals surface area (Å²) in [6, 6.07) is 16.7. The van der Waals surface area contributed by atoms with Gasteiger partial charge in [-0.3, -0.25) is 9.69 Å². The Morgan fingerprint density at radius 3 is 2.47 bits per heavy atom. The molecule has 1 aliphatic rings. The van der Waals surface area contributed by atoms with Crippen molar-refractivity contribution in [3.8, 4) is 18.4 Å². The van der Waals surface area contributed by atoms with Crippen molar-refractivity contribution in [1.82, 2.24) is 15.1 Å². The van der Waals surface area contributed by atoms with Crippen molar-refractivity contribution >= 4 is 29.2 Å². The largest absolute Gasteiger partial charge is 0.344 e. The lowest BCUT2D eigenvalue weighted by atomic mass is 9.92. The number of nitrogens with zero attached hydrogens (tertiary/aromatic N) is 3. The minimum Gasteiger partial charge on any atom is -0.344 e. The van der Waals surface area contributed by atoms with E-state index in [-0.39, 0.29) is 25.0 Å². The number of carbonyl (C=O) groups is 2. The average Bonchev–Trinajstić information content (AvgIpc) is 2.80. The van der Waals surface area contributed by atoms with Crippen LogP contribution in [-0.4, -0.2) is 61.0 Å². The van der Waals surface area contributed by atoms with Crippen molar-refractivity contribution < 1.29 is 9.59 Å². The number of hydrogen-bond donors (Lipinski definition) is 2. The summed E-state index contributed by atoms with van der Waals surface area (Å²) in [5.41, 5.74) is 2.11. The standard InChI is InChI=1S/C24H24ClN5O2/c1-2-10-27-23(31)17-29-11-13-30(14-12-29)24(32)28-19-8-9-20(22(25)15-19)21(16-26)18-6-4-3-5-7-18/h1,3-9,15,21H,10-14,17H2,(H,27,31)(H,28,32)/t21-/m0/s1. The van der Waals surface area contributed by atoms with Crippen molar-refractivity contribution in [1.29, 1.82) is 5.26 Å². The third kappa shape index (κ3) is 6.01. The van der Waals surface area contributed by atoms with Crippen molar-refractivity contribution in [3.63, 3.8) is 0 Å². The fourth-order valence-electron chi connectivity index (χ4n) is 3.53. The number of carbonyl (C=O) groups excluding carboxylic acids is 2. The molecule has 8 heteroatoms. The predicted molar refractivity (Wildman–Crippen MR) is 124 cm³/mol. The maximum atomic E-state index is 12.6. The molecule has 1 fully saturated rings. The van der Waals surface area contributed by atoms with Gasteiger partial charge in [-0.05, 0) is 23.3 Å². The maximum Gasteiger partial charge on any atom is 0.321 e. The van der Waals surface area contributed by atoms with Crippen LogP contribution < -0.4 is 10.6 Å². The third-order valence-electron chi connectivity index (χ3n) is 5.24. The van der Waals surface area contributed by atoms with Crippen LogP contribution in [-0.2, 0) is 4.79 Å². The zero-order valence-electron chi connectivity index (χ0n) is 17.6. The summed E-state index contributed by atoms with van der Waals surface area (Å²) in [7, 11) is 0. The van der Waals surface area contributed by atoms with Crippen molar-refractivity contribution in [2.24, 2.45) is 0 Å². The smallest absolute Gasteiger partial charge is 0.321 e. The Hall–Kier alpha value is -3.52. The number of benzene rings is 2. The van der Waals surface area contributed by atoms with Gasteiger partial charge in [0.15, 0.2) is 0 Å². The van der Waals surface area contributed by atoms with E-state index >= 15 is 0 Å². The number of anilines is 1. The second-order valence-corrected chi connectivity index (χ2v) is 7.79. The van der Waals surface area contributed by atoms with Gasteiger partial charge in [-0.2, -0.15) is 5.26 Å². The molecule has 32 heavy (non-hydrogen) atoms. The summed E-state index contributed by atoms with van der Waals surface area (Å²) in [5, 5.41) is 15.6. The summed E-state index contributed by atoms with van der Waals surface area (Å²) >= 11 is 6.45. The van der Waals surface area contributed by atoms with Gasteiger partial charge < -0.3 is 15.5 Å². The molecule has 2 aromatic rings. The number of terminal acetylenes is 1. The Morgan fingerprint density at radius 2 is 1.84 bits per heavy atom. The highest BCUT2D eigenvalue weighted by Crippen LogP contribution is 2.31. The second kappa shape index (κ2) is 11.2. The fourth-order valence-corrected chi connectivity index (χ4v) is 3.82. The molecule has 2 aromatic carbocycles. The Balaban J connectivity index is 1.56. The first-order valence-corrected chi connectivity index (χ1v) is 10.6. The number of nitriles is 1. The summed E-state index contributed by atoms with van der Waals surface area (Å²) < 4.78 is 0. The van der Waals surface area contributed by atoms with Gasteiger partial charge in [-0.15, -0.1) is 6.42 Å². The van der Waals surface area contributed by atoms with Crippen LogP contribution in [0.1, 0.15) is 17.0 Å². The highest BCUT2D eigenvalue weighted by molar-refractivity contribution is 6.31. The van der Waals surface area contributed by atoms with Gasteiger partial charge in [0.2, 0.25) is 5.91 Å². The first-order valence-electron chi connectivity index (χ1n) is 10.2. The fraction of sp³-hybridized carbons (Fsp3) is 0.292. The van der Waals surface area contributed by atoms with E-state index in [1.807, 2.05) is 35.2 Å². The number of halogens is 1. The van der Waals surface area contributed by atoms with Crippen LogP contribution in [0.3, 0.4) is 0 Å². The molecule has 0 spiro atoms. The molecule has 0 unspecified atom stereocenters. The predicted octanol–water partition coefficient (Wildman–Crippen LogP) is 2.89. The van der Waals surface area contributed by atoms with Gasteiger partial charge in [0.1, 0.15) is 0 Å². The summed E-state index contributed by atoms with van der Waals surface area (Å²) in [6.45, 7) is 2.67. The quantitative estimate of drug-likeness (QED) is 0.664. The van der Waals surface area contributed by atoms with Gasteiger partial charge in [-0.1, -0.05) is 53.9 Å². The first-order chi connectivity index (χ1) is 15.5. The van der Waals surface area contributed by atoms with E-state index in [2.05, 4.69) is 22.6 Å². The van der Waals surface area contributed by atoms with Gasteiger partial charge in [0, 0.05) is 36.9 Å². The lowest BCUT2D eigenvalue weighted by Crippen LogP contribution is -2.52. The molecule has 2 N–H and O–H groups in total. The number of nitrogens with one attached hydrogen (secondary N) is 2. The molecule has 0 saturated carbocycles. The summed E-state index contributed by atoms with van der Waals surface area (Å²) in [5.74, 6) is 1.76. The third-order valence-corrected chi connectivity index (χ3v) is 5.57. The van der Waals surface area contributed by atoms with Gasteiger partial charge in [-0.25, -0.2) is 4.79 Å². The molecular formula is C24H24ClN5O2. The van der Waals surface area contributed by atoms with E-state index in [9.17, 15) is 14.9 Å². The monoisotopic (exact) mass is 449 g/mol. The number of amides is 3. The molecular weight excluding hydrogens is 426 g/mol. The molecule has 0 radical (unpaired) electrons. The highest BCUT2D eigenvalue weighted by atomic mass is 35.5. The highest BCUT2D eigenvalue weighted by Gasteiger charge is 2.23. The first kappa shape index (κ1) is 23.1. The molecule has 1 saturated heterocycles. The van der Waals surface area contributed by atoms with E-state index in [1.165, 1.54) is 0 Å². The lowest BCUT2D eigenvalue weighted by molar-refractivity contribution is -0.122. The molecule has 1 heterocycles. The van der Waals surface area contributed by atoms with Crippen molar-refractivity contribution in [3.05, 3.63) is 64.7 Å². The topological polar surface area (TPSA) is 88.5 Å². The van der Waals surface area contributed by atoms with Crippen LogP contribution in [0.15, 0.2) is 48.5 Å². The van der Waals surface area contributed by atoms with E-state index in [0.717, 1.165) is 5.56 Å². The number of urea groups is 1. The average molecular weight is 450 g/mol. The van der Waals surface area contributed by atoms with E-state index in [1.54, 1.807) is 23.1 Å². The molecule has 3 rings (SSSR count). The molecule has 3 amide bonds. The Kier molecular flexibility index (Phi) is 8.10. The van der Waals surface area contributed by atoms with Crippen LogP contribution in [0.4, 0.5) is 10.5 Å². The molecule has 0 aromatic heterocycles. The Labute approximate surface area is 192 Å².